The van der Waals surface area contributed by atoms with Crippen molar-refractivity contribution in [2.24, 2.45) is 0 Å². The standard InChI is InChI=1S/Cu.2Li.Mn.3O/q;2*+1;+2;;2*-2. The van der Waals surface area contributed by atoms with Crippen molar-refractivity contribution in [1.29, 1.82) is 0 Å². The number of hydrogen-bond acceptors (Lipinski definition) is 1. The molecule has 0 aliphatic rings. The van der Waals surface area contributed by atoms with E-state index in [4.69, 9.17) is 3.83 Å². The van der Waals surface area contributed by atoms with Gasteiger partial charge in [0, 0.05) is 0 Å². The van der Waals surface area contributed by atoms with Gasteiger partial charge in [-0.05, 0) is 0 Å². The first-order valence-corrected chi connectivity index (χ1v) is 0.508. The van der Waals surface area contributed by atoms with Crippen LogP contribution in [0.3, 0.4) is 0 Å². The van der Waals surface area contributed by atoms with Crippen molar-refractivity contribution in [3.05, 3.63) is 0 Å². The van der Waals surface area contributed by atoms with Crippen LogP contribution in [0, 0.1) is 0 Å². The summed E-state index contributed by atoms with van der Waals surface area (Å²) in [7, 11) is 0. The maximum absolute atomic E-state index is 7.81. The fourth-order valence-electron chi connectivity index (χ4n) is 0. The molecular weight excluding hydrogens is 180 g/mol. The van der Waals surface area contributed by atoms with Crippen LogP contribution in [0.5, 0.6) is 0 Å². The molecule has 0 atom stereocenters. The van der Waals surface area contributed by atoms with Crippen molar-refractivity contribution in [3.63, 3.8) is 0 Å². The molecule has 38 valence electrons. The SMILES string of the molecule is [Li+].[Li+].[Mn+2].[O-2].[O-2].[O]=[Cu]. The zero-order chi connectivity index (χ0) is 2.00. The van der Waals surface area contributed by atoms with E-state index in [-0.39, 0.29) is 65.7 Å². The number of rotatable bonds is 0. The summed E-state index contributed by atoms with van der Waals surface area (Å²) < 4.78 is 7.81. The molecule has 0 aromatic rings. The van der Waals surface area contributed by atoms with Gasteiger partial charge in [-0.15, -0.1) is 0 Å². The summed E-state index contributed by atoms with van der Waals surface area (Å²) in [6.07, 6.45) is 0. The average molecular weight is 180 g/mol. The van der Waals surface area contributed by atoms with Crippen LogP contribution < -0.4 is 37.7 Å². The molecule has 0 fully saturated rings. The summed E-state index contributed by atoms with van der Waals surface area (Å²) >= 11 is 2.94. The molecule has 0 aromatic carbocycles. The minimum absolute atomic E-state index is 0. The molecule has 0 aliphatic heterocycles. The molecule has 1 radical (unpaired) electrons. The van der Waals surface area contributed by atoms with Gasteiger partial charge in [-0.2, -0.15) is 0 Å². The van der Waals surface area contributed by atoms with Crippen LogP contribution in [0.15, 0.2) is 0 Å². The first kappa shape index (κ1) is 64.9. The molecule has 0 rings (SSSR count). The summed E-state index contributed by atoms with van der Waals surface area (Å²) in [6.45, 7) is 0. The van der Waals surface area contributed by atoms with Gasteiger partial charge in [0.15, 0.2) is 0 Å². The van der Waals surface area contributed by atoms with Crippen LogP contribution in [0.4, 0.5) is 0 Å². The van der Waals surface area contributed by atoms with Crippen molar-refractivity contribution in [3.8, 4) is 0 Å². The summed E-state index contributed by atoms with van der Waals surface area (Å²) in [5.74, 6) is 0. The topological polar surface area (TPSA) is 74.1 Å². The summed E-state index contributed by atoms with van der Waals surface area (Å²) in [6, 6.07) is 0. The molecule has 0 bridgehead atoms. The second kappa shape index (κ2) is 101. The Balaban J connectivity index is -0.000000000500. The molecule has 0 saturated heterocycles. The van der Waals surface area contributed by atoms with E-state index in [1.807, 2.05) is 0 Å². The number of hydrogen-bond donors (Lipinski definition) is 0. The Hall–Kier alpha value is 1.95. The predicted octanol–water partition coefficient (Wildman–Crippen LogP) is -6.35. The molecule has 7 heteroatoms. The third-order valence-electron chi connectivity index (χ3n) is 0. The van der Waals surface area contributed by atoms with Crippen LogP contribution in [-0.4, -0.2) is 0 Å². The van der Waals surface area contributed by atoms with Crippen molar-refractivity contribution in [1.82, 2.24) is 0 Å². The van der Waals surface area contributed by atoms with Gasteiger partial charge >= 0.3 is 74.6 Å². The van der Waals surface area contributed by atoms with Crippen LogP contribution >= 0.6 is 0 Å². The van der Waals surface area contributed by atoms with Crippen molar-refractivity contribution in [2.45, 2.75) is 0 Å². The monoisotopic (exact) mass is 180 g/mol. The molecule has 0 heterocycles. The van der Waals surface area contributed by atoms with Gasteiger partial charge in [-0.1, -0.05) is 0 Å². The van der Waals surface area contributed by atoms with Crippen molar-refractivity contribution >= 4 is 0 Å². The molecule has 0 aliphatic carbocycles. The van der Waals surface area contributed by atoms with Crippen LogP contribution in [-0.2, 0) is 47.8 Å². The second-order valence-corrected chi connectivity index (χ2v) is 0. The van der Waals surface area contributed by atoms with Crippen LogP contribution in [0.2, 0.25) is 0 Å². The Labute approximate surface area is 84.8 Å². The van der Waals surface area contributed by atoms with E-state index in [1.165, 1.54) is 0 Å². The van der Waals surface area contributed by atoms with E-state index in [0.29, 0.717) is 0 Å². The maximum atomic E-state index is 7.81. The molecule has 3 nitrogen and oxygen atoms in total. The Morgan fingerprint density at radius 1 is 0.857 bits per heavy atom. The van der Waals surface area contributed by atoms with Crippen molar-refractivity contribution < 1.29 is 85.5 Å². The van der Waals surface area contributed by atoms with E-state index in [2.05, 4.69) is 15.9 Å². The fourth-order valence-corrected chi connectivity index (χ4v) is 0. The quantitative estimate of drug-likeness (QED) is 0.342. The van der Waals surface area contributed by atoms with Gasteiger partial charge in [0.1, 0.15) is 0 Å². The van der Waals surface area contributed by atoms with Crippen molar-refractivity contribution in [2.75, 3.05) is 0 Å². The third kappa shape index (κ3) is 73.9. The predicted molar refractivity (Wildman–Crippen MR) is 2.06 cm³/mol. The normalized spacial score (nSPS) is 0.857. The van der Waals surface area contributed by atoms with Gasteiger partial charge in [0.2, 0.25) is 0 Å². The molecule has 0 amide bonds. The zero-order valence-corrected chi connectivity index (χ0v) is 6.03. The Morgan fingerprint density at radius 2 is 0.857 bits per heavy atom. The third-order valence-corrected chi connectivity index (χ3v) is 0. The first-order valence-electron chi connectivity index (χ1n) is 0.123. The summed E-state index contributed by atoms with van der Waals surface area (Å²) in [4.78, 5) is 0. The molecule has 0 aromatic heterocycles. The van der Waals surface area contributed by atoms with Crippen LogP contribution in [0.25, 0.3) is 0 Å². The van der Waals surface area contributed by atoms with E-state index in [9.17, 15) is 0 Å². The van der Waals surface area contributed by atoms with E-state index in [0.717, 1.165) is 0 Å². The van der Waals surface area contributed by atoms with E-state index >= 15 is 0 Å². The van der Waals surface area contributed by atoms with E-state index < -0.39 is 0 Å². The molecule has 7 heavy (non-hydrogen) atoms. The second-order valence-electron chi connectivity index (χ2n) is 0. The minimum atomic E-state index is 0. The Kier molecular flexibility index (Phi) is 934. The van der Waals surface area contributed by atoms with Gasteiger partial charge < -0.3 is 11.0 Å². The zero-order valence-electron chi connectivity index (χ0n) is 3.90. The van der Waals surface area contributed by atoms with E-state index in [1.54, 1.807) is 0 Å². The fraction of sp³-hybridized carbons (Fsp3) is 0. The van der Waals surface area contributed by atoms with Gasteiger partial charge in [0.05, 0.1) is 0 Å². The first-order chi connectivity index (χ1) is 1.00. The Bertz CT molecular complexity index is 12.9. The average Bonchev–Trinajstić information content (AvgIpc) is 1.00. The van der Waals surface area contributed by atoms with Gasteiger partial charge in [-0.25, -0.2) is 0 Å². The molecular formula is CuLi2MnO3. The van der Waals surface area contributed by atoms with Gasteiger partial charge in [-0.3, -0.25) is 0 Å². The van der Waals surface area contributed by atoms with Gasteiger partial charge in [0.25, 0.3) is 0 Å². The molecule has 0 saturated carbocycles. The Morgan fingerprint density at radius 3 is 0.857 bits per heavy atom. The molecule has 0 unspecified atom stereocenters. The molecule has 0 spiro atoms. The molecule has 0 N–H and O–H groups in total. The summed E-state index contributed by atoms with van der Waals surface area (Å²) in [5, 5.41) is 0. The summed E-state index contributed by atoms with van der Waals surface area (Å²) in [5.41, 5.74) is 0. The van der Waals surface area contributed by atoms with Crippen LogP contribution in [0.1, 0.15) is 0 Å².